The quantitative estimate of drug-likeness (QED) is 0.663. The maximum Gasteiger partial charge on any atom is 0.191 e. The Bertz CT molecular complexity index is 602. The first kappa shape index (κ1) is 13.2. The van der Waals surface area contributed by atoms with Crippen LogP contribution in [0.3, 0.4) is 0 Å². The third kappa shape index (κ3) is 2.87. The highest BCUT2D eigenvalue weighted by atomic mass is 32.2. The number of aliphatic imine (C=N–C) groups is 1. The Hall–Kier alpha value is -1.76. The van der Waals surface area contributed by atoms with E-state index in [1.165, 1.54) is 0 Å². The first-order valence-corrected chi connectivity index (χ1v) is 7.91. The van der Waals surface area contributed by atoms with E-state index in [4.69, 9.17) is 5.73 Å². The van der Waals surface area contributed by atoms with E-state index >= 15 is 0 Å². The van der Waals surface area contributed by atoms with Crippen molar-refractivity contribution in [1.82, 2.24) is 19.5 Å². The molecule has 2 aromatic heterocycles. The Morgan fingerprint density at radius 3 is 3.00 bits per heavy atom. The van der Waals surface area contributed by atoms with E-state index in [-0.39, 0.29) is 0 Å². The molecule has 2 aromatic rings. The van der Waals surface area contributed by atoms with Gasteiger partial charge in [0.05, 0.1) is 0 Å². The SMILES string of the molecule is NC(=NCCc1nnc2ccccn12)N1CCSCC1. The minimum absolute atomic E-state index is 0.644. The molecule has 0 spiro atoms. The molecule has 7 heteroatoms. The van der Waals surface area contributed by atoms with Crippen LogP contribution in [0.15, 0.2) is 29.4 Å². The summed E-state index contributed by atoms with van der Waals surface area (Å²) < 4.78 is 1.99. The Kier molecular flexibility index (Phi) is 4.05. The molecule has 0 aromatic carbocycles. The molecule has 20 heavy (non-hydrogen) atoms. The molecule has 3 rings (SSSR count). The van der Waals surface area contributed by atoms with Gasteiger partial charge >= 0.3 is 0 Å². The average Bonchev–Trinajstić information content (AvgIpc) is 2.92. The van der Waals surface area contributed by atoms with Gasteiger partial charge in [-0.05, 0) is 12.1 Å². The van der Waals surface area contributed by atoms with Crippen LogP contribution in [0.1, 0.15) is 5.82 Å². The van der Waals surface area contributed by atoms with Gasteiger partial charge in [0.15, 0.2) is 11.6 Å². The number of aromatic nitrogens is 3. The molecule has 1 saturated heterocycles. The van der Waals surface area contributed by atoms with Crippen molar-refractivity contribution in [2.75, 3.05) is 31.1 Å². The first-order chi connectivity index (χ1) is 9.84. The summed E-state index contributed by atoms with van der Waals surface area (Å²) >= 11 is 1.97. The summed E-state index contributed by atoms with van der Waals surface area (Å²) in [5.74, 6) is 3.83. The van der Waals surface area contributed by atoms with E-state index in [0.29, 0.717) is 12.5 Å². The van der Waals surface area contributed by atoms with Gasteiger partial charge in [0.25, 0.3) is 0 Å². The van der Waals surface area contributed by atoms with Gasteiger partial charge in [0.1, 0.15) is 5.82 Å². The van der Waals surface area contributed by atoms with Crippen LogP contribution in [0.5, 0.6) is 0 Å². The van der Waals surface area contributed by atoms with Gasteiger partial charge in [-0.15, -0.1) is 10.2 Å². The topological polar surface area (TPSA) is 71.8 Å². The summed E-state index contributed by atoms with van der Waals surface area (Å²) in [4.78, 5) is 6.61. The number of guanidine groups is 1. The van der Waals surface area contributed by atoms with Gasteiger partial charge in [-0.1, -0.05) is 6.07 Å². The lowest BCUT2D eigenvalue weighted by Crippen LogP contribution is -2.42. The van der Waals surface area contributed by atoms with Crippen LogP contribution in [0.25, 0.3) is 5.65 Å². The smallest absolute Gasteiger partial charge is 0.191 e. The van der Waals surface area contributed by atoms with Gasteiger partial charge in [-0.3, -0.25) is 9.39 Å². The van der Waals surface area contributed by atoms with Gasteiger partial charge in [-0.2, -0.15) is 11.8 Å². The number of rotatable bonds is 3. The van der Waals surface area contributed by atoms with Crippen molar-refractivity contribution in [3.8, 4) is 0 Å². The van der Waals surface area contributed by atoms with E-state index in [2.05, 4.69) is 20.1 Å². The number of thioether (sulfide) groups is 1. The normalized spacial score (nSPS) is 16.8. The Labute approximate surface area is 122 Å². The highest BCUT2D eigenvalue weighted by Crippen LogP contribution is 2.08. The monoisotopic (exact) mass is 290 g/mol. The highest BCUT2D eigenvalue weighted by molar-refractivity contribution is 7.99. The molecule has 0 aliphatic carbocycles. The second kappa shape index (κ2) is 6.13. The van der Waals surface area contributed by atoms with Crippen molar-refractivity contribution in [3.05, 3.63) is 30.2 Å². The summed E-state index contributed by atoms with van der Waals surface area (Å²) in [7, 11) is 0. The van der Waals surface area contributed by atoms with Crippen molar-refractivity contribution in [2.45, 2.75) is 6.42 Å². The summed E-state index contributed by atoms with van der Waals surface area (Å²) in [5, 5.41) is 8.32. The summed E-state index contributed by atoms with van der Waals surface area (Å²) in [6.07, 6.45) is 2.72. The number of pyridine rings is 1. The Balaban J connectivity index is 1.61. The van der Waals surface area contributed by atoms with Crippen molar-refractivity contribution in [2.24, 2.45) is 10.7 Å². The Morgan fingerprint density at radius 1 is 1.30 bits per heavy atom. The zero-order valence-corrected chi connectivity index (χ0v) is 12.1. The molecule has 0 radical (unpaired) electrons. The second-order valence-electron chi connectivity index (χ2n) is 4.63. The molecule has 0 atom stereocenters. The Morgan fingerprint density at radius 2 is 2.15 bits per heavy atom. The molecule has 106 valence electrons. The number of fused-ring (bicyclic) bond motifs is 1. The zero-order valence-electron chi connectivity index (χ0n) is 11.3. The zero-order chi connectivity index (χ0) is 13.8. The number of hydrogen-bond donors (Lipinski definition) is 1. The summed E-state index contributed by atoms with van der Waals surface area (Å²) in [6, 6.07) is 5.88. The minimum atomic E-state index is 0.644. The maximum absolute atomic E-state index is 6.02. The average molecular weight is 290 g/mol. The fraction of sp³-hybridized carbons (Fsp3) is 0.462. The van der Waals surface area contributed by atoms with Crippen LogP contribution >= 0.6 is 11.8 Å². The van der Waals surface area contributed by atoms with E-state index in [0.717, 1.165) is 42.5 Å². The van der Waals surface area contributed by atoms with Crippen molar-refractivity contribution >= 4 is 23.4 Å². The lowest BCUT2D eigenvalue weighted by Gasteiger charge is -2.27. The third-order valence-corrected chi connectivity index (χ3v) is 4.27. The summed E-state index contributed by atoms with van der Waals surface area (Å²) in [6.45, 7) is 2.63. The fourth-order valence-corrected chi connectivity index (χ4v) is 3.13. The van der Waals surface area contributed by atoms with Crippen molar-refractivity contribution < 1.29 is 0 Å². The van der Waals surface area contributed by atoms with Crippen LogP contribution in [0, 0.1) is 0 Å². The van der Waals surface area contributed by atoms with E-state index in [1.54, 1.807) is 0 Å². The largest absolute Gasteiger partial charge is 0.370 e. The molecule has 2 N–H and O–H groups in total. The molecule has 0 saturated carbocycles. The molecule has 0 unspecified atom stereocenters. The van der Waals surface area contributed by atoms with Gasteiger partial charge in [-0.25, -0.2) is 0 Å². The van der Waals surface area contributed by atoms with Crippen LogP contribution in [0.2, 0.25) is 0 Å². The van der Waals surface area contributed by atoms with Gasteiger partial charge in [0.2, 0.25) is 0 Å². The molecule has 1 aliphatic heterocycles. The lowest BCUT2D eigenvalue weighted by molar-refractivity contribution is 0.456. The predicted octanol–water partition coefficient (Wildman–Crippen LogP) is 0.635. The number of nitrogens with zero attached hydrogens (tertiary/aromatic N) is 5. The van der Waals surface area contributed by atoms with Gasteiger partial charge in [0, 0.05) is 43.8 Å². The molecule has 3 heterocycles. The molecular formula is C13H18N6S. The van der Waals surface area contributed by atoms with E-state index < -0.39 is 0 Å². The molecule has 1 aliphatic rings. The van der Waals surface area contributed by atoms with E-state index in [1.807, 2.05) is 40.6 Å². The van der Waals surface area contributed by atoms with Crippen molar-refractivity contribution in [1.29, 1.82) is 0 Å². The predicted molar refractivity (Wildman–Crippen MR) is 82.1 cm³/mol. The van der Waals surface area contributed by atoms with Crippen LogP contribution < -0.4 is 5.73 Å². The molecule has 1 fully saturated rings. The van der Waals surface area contributed by atoms with Gasteiger partial charge < -0.3 is 10.6 Å². The first-order valence-electron chi connectivity index (χ1n) is 6.76. The van der Waals surface area contributed by atoms with Crippen LogP contribution in [-0.4, -0.2) is 56.6 Å². The standard InChI is InChI=1S/C13H18N6S/c14-13(18-7-9-20-10-8-18)15-5-4-12-17-16-11-3-1-2-6-19(11)12/h1-3,6H,4-5,7-10H2,(H2,14,15). The maximum atomic E-state index is 6.02. The lowest BCUT2D eigenvalue weighted by atomic mass is 10.4. The highest BCUT2D eigenvalue weighted by Gasteiger charge is 2.12. The molecular weight excluding hydrogens is 272 g/mol. The van der Waals surface area contributed by atoms with E-state index in [9.17, 15) is 0 Å². The number of nitrogens with two attached hydrogens (primary N) is 1. The molecule has 0 amide bonds. The van der Waals surface area contributed by atoms with Crippen LogP contribution in [-0.2, 0) is 6.42 Å². The minimum Gasteiger partial charge on any atom is -0.370 e. The molecule has 6 nitrogen and oxygen atoms in total. The fourth-order valence-electron chi connectivity index (χ4n) is 2.22. The summed E-state index contributed by atoms with van der Waals surface area (Å²) in [5.41, 5.74) is 6.89. The number of hydrogen-bond acceptors (Lipinski definition) is 4. The van der Waals surface area contributed by atoms with Crippen LogP contribution in [0.4, 0.5) is 0 Å². The molecule has 0 bridgehead atoms. The third-order valence-electron chi connectivity index (χ3n) is 3.33. The second-order valence-corrected chi connectivity index (χ2v) is 5.86. The van der Waals surface area contributed by atoms with Crippen molar-refractivity contribution in [3.63, 3.8) is 0 Å².